The van der Waals surface area contributed by atoms with Crippen LogP contribution in [-0.4, -0.2) is 36.0 Å². The summed E-state index contributed by atoms with van der Waals surface area (Å²) in [7, 11) is -2.37. The van der Waals surface area contributed by atoms with Crippen molar-refractivity contribution in [3.8, 4) is 5.75 Å². The Kier molecular flexibility index (Phi) is 4.73. The first-order valence-electron chi connectivity index (χ1n) is 6.17. The van der Waals surface area contributed by atoms with Crippen LogP contribution in [0, 0.1) is 0 Å². The summed E-state index contributed by atoms with van der Waals surface area (Å²) in [6.07, 6.45) is 0. The first-order valence-corrected chi connectivity index (χ1v) is 8.53. The second-order valence-corrected chi connectivity index (χ2v) is 7.58. The van der Waals surface area contributed by atoms with E-state index < -0.39 is 10.0 Å². The summed E-state index contributed by atoms with van der Waals surface area (Å²) in [5.74, 6) is 0.338. The van der Waals surface area contributed by atoms with Crippen LogP contribution in [0.15, 0.2) is 34.3 Å². The Labute approximate surface area is 127 Å². The van der Waals surface area contributed by atoms with E-state index in [4.69, 9.17) is 4.74 Å². The second-order valence-electron chi connectivity index (χ2n) is 4.39. The maximum Gasteiger partial charge on any atom is 0.267 e. The number of para-hydroxylation sites is 1. The van der Waals surface area contributed by atoms with Gasteiger partial charge in [-0.1, -0.05) is 37.7 Å². The summed E-state index contributed by atoms with van der Waals surface area (Å²) in [6.45, 7) is 4.00. The number of aromatic amines is 1. The molecule has 0 bridgehead atoms. The minimum Gasteiger partial charge on any atom is -0.495 e. The number of anilines is 1. The predicted molar refractivity (Wildman–Crippen MR) is 81.2 cm³/mol. The van der Waals surface area contributed by atoms with Gasteiger partial charge in [-0.2, -0.15) is 4.98 Å². The highest BCUT2D eigenvalue weighted by Gasteiger charge is 2.20. The number of rotatable bonds is 6. The minimum absolute atomic E-state index is 0.0435. The SMILES string of the molecule is COc1ccccc1S(=O)(=O)Nc1nc(SC(C)C)n[nH]1. The molecule has 2 N–H and O–H groups in total. The molecule has 9 heteroatoms. The van der Waals surface area contributed by atoms with Gasteiger partial charge in [0.1, 0.15) is 10.6 Å². The van der Waals surface area contributed by atoms with Crippen LogP contribution in [0.2, 0.25) is 0 Å². The van der Waals surface area contributed by atoms with Gasteiger partial charge in [0.25, 0.3) is 10.0 Å². The van der Waals surface area contributed by atoms with Gasteiger partial charge >= 0.3 is 0 Å². The van der Waals surface area contributed by atoms with Gasteiger partial charge in [-0.15, -0.1) is 5.10 Å². The van der Waals surface area contributed by atoms with Crippen molar-refractivity contribution >= 4 is 27.7 Å². The molecule has 2 rings (SSSR count). The molecule has 114 valence electrons. The Morgan fingerprint density at radius 1 is 1.33 bits per heavy atom. The summed E-state index contributed by atoms with van der Waals surface area (Å²) in [5, 5.41) is 7.30. The molecule has 0 saturated heterocycles. The summed E-state index contributed by atoms with van der Waals surface area (Å²) >= 11 is 1.44. The molecule has 0 aliphatic heterocycles. The van der Waals surface area contributed by atoms with Crippen LogP contribution >= 0.6 is 11.8 Å². The van der Waals surface area contributed by atoms with Crippen LogP contribution in [-0.2, 0) is 10.0 Å². The highest BCUT2D eigenvalue weighted by atomic mass is 32.2. The summed E-state index contributed by atoms with van der Waals surface area (Å²) in [6, 6.07) is 6.36. The van der Waals surface area contributed by atoms with Crippen molar-refractivity contribution in [3.05, 3.63) is 24.3 Å². The zero-order chi connectivity index (χ0) is 15.5. The molecule has 1 aromatic carbocycles. The zero-order valence-corrected chi connectivity index (χ0v) is 13.5. The topological polar surface area (TPSA) is 97.0 Å². The van der Waals surface area contributed by atoms with Gasteiger partial charge in [0.05, 0.1) is 7.11 Å². The number of aromatic nitrogens is 3. The van der Waals surface area contributed by atoms with E-state index in [1.54, 1.807) is 18.2 Å². The average molecular weight is 328 g/mol. The van der Waals surface area contributed by atoms with E-state index in [0.29, 0.717) is 10.4 Å². The fraction of sp³-hybridized carbons (Fsp3) is 0.333. The van der Waals surface area contributed by atoms with Crippen LogP contribution in [0.1, 0.15) is 13.8 Å². The van der Waals surface area contributed by atoms with E-state index in [9.17, 15) is 8.42 Å². The number of benzene rings is 1. The van der Waals surface area contributed by atoms with Crippen LogP contribution < -0.4 is 9.46 Å². The number of hydrogen-bond donors (Lipinski definition) is 2. The molecule has 0 saturated carbocycles. The van der Waals surface area contributed by atoms with E-state index >= 15 is 0 Å². The van der Waals surface area contributed by atoms with Crippen LogP contribution in [0.3, 0.4) is 0 Å². The highest BCUT2D eigenvalue weighted by Crippen LogP contribution is 2.25. The third-order valence-corrected chi connectivity index (χ3v) is 4.64. The summed E-state index contributed by atoms with van der Waals surface area (Å²) < 4.78 is 32.1. The Morgan fingerprint density at radius 2 is 2.05 bits per heavy atom. The number of ether oxygens (including phenoxy) is 1. The lowest BCUT2D eigenvalue weighted by atomic mass is 10.3. The fourth-order valence-electron chi connectivity index (χ4n) is 1.58. The lowest BCUT2D eigenvalue weighted by Gasteiger charge is -2.09. The molecule has 0 radical (unpaired) electrons. The molecular weight excluding hydrogens is 312 g/mol. The molecule has 7 nitrogen and oxygen atoms in total. The van der Waals surface area contributed by atoms with Gasteiger partial charge in [0, 0.05) is 5.25 Å². The van der Waals surface area contributed by atoms with Crippen molar-refractivity contribution in [1.82, 2.24) is 15.2 Å². The Morgan fingerprint density at radius 3 is 2.71 bits per heavy atom. The molecule has 1 aromatic heterocycles. The lowest BCUT2D eigenvalue weighted by Crippen LogP contribution is -2.15. The van der Waals surface area contributed by atoms with E-state index in [1.807, 2.05) is 13.8 Å². The number of nitrogens with one attached hydrogen (secondary N) is 2. The largest absolute Gasteiger partial charge is 0.495 e. The third kappa shape index (κ3) is 3.88. The average Bonchev–Trinajstić information content (AvgIpc) is 2.84. The Bertz CT molecular complexity index is 713. The van der Waals surface area contributed by atoms with Gasteiger partial charge < -0.3 is 4.74 Å². The first kappa shape index (κ1) is 15.6. The molecule has 0 spiro atoms. The third-order valence-electron chi connectivity index (χ3n) is 2.40. The molecule has 2 aromatic rings. The second kappa shape index (κ2) is 6.35. The molecule has 0 aliphatic carbocycles. The van der Waals surface area contributed by atoms with E-state index in [-0.39, 0.29) is 16.6 Å². The molecule has 21 heavy (non-hydrogen) atoms. The molecule has 0 unspecified atom stereocenters. The molecular formula is C12H16N4O3S2. The smallest absolute Gasteiger partial charge is 0.267 e. The number of thioether (sulfide) groups is 1. The van der Waals surface area contributed by atoms with Crippen LogP contribution in [0.4, 0.5) is 5.95 Å². The predicted octanol–water partition coefficient (Wildman–Crippen LogP) is 2.11. The number of H-pyrrole nitrogens is 1. The number of sulfonamides is 1. The maximum absolute atomic E-state index is 12.3. The van der Waals surface area contributed by atoms with Crippen molar-refractivity contribution in [2.24, 2.45) is 0 Å². The van der Waals surface area contributed by atoms with Gasteiger partial charge in [-0.3, -0.25) is 0 Å². The van der Waals surface area contributed by atoms with E-state index in [2.05, 4.69) is 19.9 Å². The van der Waals surface area contributed by atoms with E-state index in [1.165, 1.54) is 24.9 Å². The standard InChI is InChI=1S/C12H16N4O3S2/c1-8(2)20-12-13-11(14-15-12)16-21(17,18)10-7-5-4-6-9(10)19-3/h4-8H,1-3H3,(H2,13,14,15,16). The maximum atomic E-state index is 12.3. The van der Waals surface area contributed by atoms with Crippen molar-refractivity contribution in [1.29, 1.82) is 0 Å². The Hall–Kier alpha value is -1.74. The van der Waals surface area contributed by atoms with Gasteiger partial charge in [0.15, 0.2) is 0 Å². The monoisotopic (exact) mass is 328 g/mol. The van der Waals surface area contributed by atoms with Gasteiger partial charge in [-0.25, -0.2) is 18.2 Å². The van der Waals surface area contributed by atoms with Gasteiger partial charge in [-0.05, 0) is 12.1 Å². The van der Waals surface area contributed by atoms with Gasteiger partial charge in [0.2, 0.25) is 11.1 Å². The molecule has 0 atom stereocenters. The molecule has 1 heterocycles. The van der Waals surface area contributed by atoms with Crippen molar-refractivity contribution < 1.29 is 13.2 Å². The molecule has 0 amide bonds. The quantitative estimate of drug-likeness (QED) is 0.788. The normalized spacial score (nSPS) is 11.6. The summed E-state index contributed by atoms with van der Waals surface area (Å²) in [5.41, 5.74) is 0. The number of methoxy groups -OCH3 is 1. The fourth-order valence-corrected chi connectivity index (χ4v) is 3.37. The number of nitrogens with zero attached hydrogens (tertiary/aromatic N) is 2. The number of hydrogen-bond acceptors (Lipinski definition) is 6. The minimum atomic E-state index is -3.79. The van der Waals surface area contributed by atoms with Crippen molar-refractivity contribution in [2.45, 2.75) is 29.1 Å². The van der Waals surface area contributed by atoms with Crippen molar-refractivity contribution in [2.75, 3.05) is 11.8 Å². The first-order chi connectivity index (χ1) is 9.92. The highest BCUT2D eigenvalue weighted by molar-refractivity contribution is 7.99. The van der Waals surface area contributed by atoms with Crippen molar-refractivity contribution in [3.63, 3.8) is 0 Å². The zero-order valence-electron chi connectivity index (χ0n) is 11.8. The van der Waals surface area contributed by atoms with E-state index in [0.717, 1.165) is 0 Å². The lowest BCUT2D eigenvalue weighted by molar-refractivity contribution is 0.403. The summed E-state index contributed by atoms with van der Waals surface area (Å²) in [4.78, 5) is 4.13. The van der Waals surface area contributed by atoms with Crippen LogP contribution in [0.25, 0.3) is 0 Å². The Balaban J connectivity index is 2.23. The van der Waals surface area contributed by atoms with Crippen LogP contribution in [0.5, 0.6) is 5.75 Å². The molecule has 0 fully saturated rings. The molecule has 0 aliphatic rings.